The number of nitrogens with zero attached hydrogens (tertiary/aromatic N) is 3. The minimum Gasteiger partial charge on any atom is -0.373 e. The Morgan fingerprint density at radius 3 is 2.79 bits per heavy atom. The van der Waals surface area contributed by atoms with Gasteiger partial charge in [-0.15, -0.1) is 0 Å². The van der Waals surface area contributed by atoms with Crippen LogP contribution in [0.5, 0.6) is 0 Å². The van der Waals surface area contributed by atoms with Gasteiger partial charge >= 0.3 is 0 Å². The number of hydrogen-bond acceptors (Lipinski definition) is 4. The van der Waals surface area contributed by atoms with Crippen molar-refractivity contribution in [2.45, 2.75) is 19.4 Å². The van der Waals surface area contributed by atoms with Crippen molar-refractivity contribution in [1.29, 1.82) is 0 Å². The number of pyridine rings is 1. The number of anilines is 1. The van der Waals surface area contributed by atoms with Gasteiger partial charge in [0.05, 0.1) is 5.69 Å². The van der Waals surface area contributed by atoms with Gasteiger partial charge in [-0.05, 0) is 58.1 Å². The summed E-state index contributed by atoms with van der Waals surface area (Å²) >= 11 is 0. The average Bonchev–Trinajstić information content (AvgIpc) is 2.41. The van der Waals surface area contributed by atoms with E-state index in [9.17, 15) is 0 Å². The standard InChI is InChI=1S/C15H26N4/c1-16-15-6-4-5-14(17-15)12-19(3)11-13-7-9-18(2)10-8-13/h4-6,13H,7-12H2,1-3H3,(H,16,17). The molecular weight excluding hydrogens is 236 g/mol. The normalized spacial score (nSPS) is 17.9. The highest BCUT2D eigenvalue weighted by Crippen LogP contribution is 2.17. The molecule has 1 fully saturated rings. The van der Waals surface area contributed by atoms with E-state index in [2.05, 4.69) is 46.3 Å². The Kier molecular flexibility index (Phi) is 5.16. The lowest BCUT2D eigenvalue weighted by atomic mass is 9.96. The average molecular weight is 262 g/mol. The van der Waals surface area contributed by atoms with E-state index < -0.39 is 0 Å². The number of nitrogens with one attached hydrogen (secondary N) is 1. The van der Waals surface area contributed by atoms with Crippen LogP contribution in [0.3, 0.4) is 0 Å². The van der Waals surface area contributed by atoms with Crippen molar-refractivity contribution >= 4 is 5.82 Å². The van der Waals surface area contributed by atoms with Crippen molar-refractivity contribution < 1.29 is 0 Å². The van der Waals surface area contributed by atoms with Gasteiger partial charge in [0.15, 0.2) is 0 Å². The molecule has 0 aliphatic carbocycles. The molecule has 4 nitrogen and oxygen atoms in total. The first-order chi connectivity index (χ1) is 9.17. The van der Waals surface area contributed by atoms with Crippen LogP contribution < -0.4 is 5.32 Å². The second kappa shape index (κ2) is 6.87. The van der Waals surface area contributed by atoms with Gasteiger partial charge in [0.25, 0.3) is 0 Å². The molecule has 2 rings (SSSR count). The zero-order valence-corrected chi connectivity index (χ0v) is 12.4. The monoisotopic (exact) mass is 262 g/mol. The second-order valence-corrected chi connectivity index (χ2v) is 5.71. The molecule has 0 atom stereocenters. The summed E-state index contributed by atoms with van der Waals surface area (Å²) in [5.41, 5.74) is 1.14. The van der Waals surface area contributed by atoms with Crippen LogP contribution in [0.25, 0.3) is 0 Å². The van der Waals surface area contributed by atoms with E-state index in [4.69, 9.17) is 0 Å². The molecule has 1 aliphatic heterocycles. The van der Waals surface area contributed by atoms with Crippen LogP contribution in [0.15, 0.2) is 18.2 Å². The lowest BCUT2D eigenvalue weighted by molar-refractivity contribution is 0.172. The van der Waals surface area contributed by atoms with E-state index in [0.29, 0.717) is 0 Å². The predicted octanol–water partition coefficient (Wildman–Crippen LogP) is 1.90. The molecule has 1 saturated heterocycles. The third-order valence-electron chi connectivity index (χ3n) is 3.90. The Morgan fingerprint density at radius 1 is 1.37 bits per heavy atom. The number of likely N-dealkylation sites (tertiary alicyclic amines) is 1. The van der Waals surface area contributed by atoms with Crippen LogP contribution in [0.1, 0.15) is 18.5 Å². The first-order valence-electron chi connectivity index (χ1n) is 7.18. The minimum atomic E-state index is 0.841. The Hall–Kier alpha value is -1.13. The van der Waals surface area contributed by atoms with Crippen molar-refractivity contribution in [3.05, 3.63) is 23.9 Å². The molecule has 1 aromatic rings. The van der Waals surface area contributed by atoms with E-state index in [0.717, 1.165) is 24.0 Å². The summed E-state index contributed by atoms with van der Waals surface area (Å²) in [5.74, 6) is 1.79. The quantitative estimate of drug-likeness (QED) is 0.878. The number of aromatic nitrogens is 1. The van der Waals surface area contributed by atoms with E-state index >= 15 is 0 Å². The maximum atomic E-state index is 4.58. The SMILES string of the molecule is CNc1cccc(CN(C)CC2CCN(C)CC2)n1. The fraction of sp³-hybridized carbons (Fsp3) is 0.667. The Morgan fingerprint density at radius 2 is 2.11 bits per heavy atom. The molecule has 0 amide bonds. The topological polar surface area (TPSA) is 31.4 Å². The van der Waals surface area contributed by atoms with Crippen LogP contribution in [0.4, 0.5) is 5.82 Å². The smallest absolute Gasteiger partial charge is 0.126 e. The Bertz CT molecular complexity index is 385. The predicted molar refractivity (Wildman–Crippen MR) is 80.3 cm³/mol. The largest absolute Gasteiger partial charge is 0.373 e. The van der Waals surface area contributed by atoms with Crippen LogP contribution in [-0.4, -0.2) is 55.6 Å². The molecule has 4 heteroatoms. The third kappa shape index (κ3) is 4.48. The number of rotatable bonds is 5. The van der Waals surface area contributed by atoms with Gasteiger partial charge in [-0.25, -0.2) is 4.98 Å². The molecule has 106 valence electrons. The van der Waals surface area contributed by atoms with Crippen LogP contribution >= 0.6 is 0 Å². The van der Waals surface area contributed by atoms with Crippen molar-refractivity contribution in [3.8, 4) is 0 Å². The fourth-order valence-corrected chi connectivity index (χ4v) is 2.73. The summed E-state index contributed by atoms with van der Waals surface area (Å²) in [6.07, 6.45) is 2.65. The highest BCUT2D eigenvalue weighted by atomic mass is 15.1. The van der Waals surface area contributed by atoms with Gasteiger partial charge in [-0.1, -0.05) is 6.07 Å². The molecule has 0 saturated carbocycles. The van der Waals surface area contributed by atoms with Crippen LogP contribution in [-0.2, 0) is 6.54 Å². The van der Waals surface area contributed by atoms with Crippen LogP contribution in [0.2, 0.25) is 0 Å². The molecule has 0 radical (unpaired) electrons. The van der Waals surface area contributed by atoms with Gasteiger partial charge in [0, 0.05) is 20.1 Å². The van der Waals surface area contributed by atoms with Crippen LogP contribution in [0, 0.1) is 5.92 Å². The first-order valence-corrected chi connectivity index (χ1v) is 7.18. The third-order valence-corrected chi connectivity index (χ3v) is 3.90. The van der Waals surface area contributed by atoms with Gasteiger partial charge < -0.3 is 15.1 Å². The molecule has 2 heterocycles. The lowest BCUT2D eigenvalue weighted by Gasteiger charge is -2.31. The maximum Gasteiger partial charge on any atom is 0.126 e. The lowest BCUT2D eigenvalue weighted by Crippen LogP contribution is -2.35. The second-order valence-electron chi connectivity index (χ2n) is 5.71. The highest BCUT2D eigenvalue weighted by Gasteiger charge is 2.18. The van der Waals surface area contributed by atoms with E-state index in [1.54, 1.807) is 0 Å². The molecule has 0 bridgehead atoms. The van der Waals surface area contributed by atoms with Gasteiger partial charge in [-0.3, -0.25) is 0 Å². The summed E-state index contributed by atoms with van der Waals surface area (Å²) in [4.78, 5) is 9.40. The van der Waals surface area contributed by atoms with Gasteiger partial charge in [0.1, 0.15) is 5.82 Å². The van der Waals surface area contributed by atoms with Gasteiger partial charge in [0.2, 0.25) is 0 Å². The summed E-state index contributed by atoms with van der Waals surface area (Å²) in [7, 11) is 6.33. The number of hydrogen-bond donors (Lipinski definition) is 1. The highest BCUT2D eigenvalue weighted by molar-refractivity contribution is 5.34. The molecular formula is C15H26N4. The van der Waals surface area contributed by atoms with Gasteiger partial charge in [-0.2, -0.15) is 0 Å². The first kappa shape index (κ1) is 14.3. The molecule has 0 aromatic carbocycles. The van der Waals surface area contributed by atoms with Crippen molar-refractivity contribution in [2.75, 3.05) is 46.1 Å². The molecule has 0 unspecified atom stereocenters. The maximum absolute atomic E-state index is 4.58. The summed E-state index contributed by atoms with van der Waals surface area (Å²) in [6, 6.07) is 6.17. The summed E-state index contributed by atoms with van der Waals surface area (Å²) < 4.78 is 0. The van der Waals surface area contributed by atoms with E-state index in [1.165, 1.54) is 32.5 Å². The zero-order chi connectivity index (χ0) is 13.7. The van der Waals surface area contributed by atoms with Crippen molar-refractivity contribution in [3.63, 3.8) is 0 Å². The zero-order valence-electron chi connectivity index (χ0n) is 12.4. The number of piperidine rings is 1. The van der Waals surface area contributed by atoms with E-state index in [1.807, 2.05) is 13.1 Å². The summed E-state index contributed by atoms with van der Waals surface area (Å²) in [5, 5.41) is 3.09. The molecule has 1 aromatic heterocycles. The minimum absolute atomic E-state index is 0.841. The van der Waals surface area contributed by atoms with E-state index in [-0.39, 0.29) is 0 Å². The molecule has 0 spiro atoms. The fourth-order valence-electron chi connectivity index (χ4n) is 2.73. The molecule has 1 aliphatic rings. The van der Waals surface area contributed by atoms with Crippen molar-refractivity contribution in [2.24, 2.45) is 5.92 Å². The Balaban J connectivity index is 1.81. The molecule has 19 heavy (non-hydrogen) atoms. The molecule has 1 N–H and O–H groups in total. The van der Waals surface area contributed by atoms with Crippen molar-refractivity contribution in [1.82, 2.24) is 14.8 Å². The summed E-state index contributed by atoms with van der Waals surface area (Å²) in [6.45, 7) is 4.60. The Labute approximate surface area is 116 Å².